The van der Waals surface area contributed by atoms with Gasteiger partial charge in [-0.3, -0.25) is 0 Å². The largest absolute Gasteiger partial charge is 0.548 e. The summed E-state index contributed by atoms with van der Waals surface area (Å²) in [4.78, 5) is 15.3. The first-order valence-corrected chi connectivity index (χ1v) is 5.46. The van der Waals surface area contributed by atoms with Crippen molar-refractivity contribution >= 4 is 34.2 Å². The standard InChI is InChI=1S/C12H11ClN2O2/c1-15(7-12(16)17)11-4-5-14-10-6-8(13)2-3-9(10)11/h2-6H,7H2,1H3,(H,16,17). The maximum Gasteiger partial charge on any atom is 0.214 e. The zero-order valence-corrected chi connectivity index (χ0v) is 9.99. The molecule has 0 aliphatic heterocycles. The molecule has 0 amide bonds. The number of carbonyl (C=O) groups is 1. The van der Waals surface area contributed by atoms with E-state index < -0.39 is 5.97 Å². The number of benzene rings is 1. The van der Waals surface area contributed by atoms with Crippen LogP contribution >= 0.6 is 11.6 Å². The molecule has 0 aliphatic rings. The Morgan fingerprint density at radius 2 is 2.24 bits per heavy atom. The van der Waals surface area contributed by atoms with E-state index in [1.807, 2.05) is 12.1 Å². The van der Waals surface area contributed by atoms with Gasteiger partial charge in [0.05, 0.1) is 23.6 Å². The van der Waals surface area contributed by atoms with Crippen molar-refractivity contribution in [1.82, 2.24) is 0 Å². The molecule has 0 radical (unpaired) electrons. The van der Waals surface area contributed by atoms with Gasteiger partial charge < -0.3 is 14.8 Å². The van der Waals surface area contributed by atoms with Crippen LogP contribution in [-0.2, 0) is 4.79 Å². The lowest BCUT2D eigenvalue weighted by Gasteiger charge is -2.20. The number of carbonyl (C=O) groups excluding carboxylic acids is 1. The highest BCUT2D eigenvalue weighted by Crippen LogP contribution is 2.24. The number of aromatic nitrogens is 1. The van der Waals surface area contributed by atoms with Gasteiger partial charge in [-0.05, 0) is 12.1 Å². The summed E-state index contributed by atoms with van der Waals surface area (Å²) >= 11 is 5.90. The van der Waals surface area contributed by atoms with Crippen LogP contribution in [0.15, 0.2) is 30.5 Å². The maximum atomic E-state index is 10.6. The molecule has 0 saturated carbocycles. The molecule has 1 aromatic heterocycles. The van der Waals surface area contributed by atoms with E-state index in [1.54, 1.807) is 30.3 Å². The van der Waals surface area contributed by atoms with Crippen LogP contribution < -0.4 is 15.0 Å². The Labute approximate surface area is 103 Å². The van der Waals surface area contributed by atoms with Crippen LogP contribution in [0.2, 0.25) is 5.02 Å². The van der Waals surface area contributed by atoms with Crippen LogP contribution in [0.5, 0.6) is 0 Å². The van der Waals surface area contributed by atoms with Crippen molar-refractivity contribution in [2.24, 2.45) is 0 Å². The number of aromatic amines is 1. The Hall–Kier alpha value is -1.81. The van der Waals surface area contributed by atoms with Gasteiger partial charge in [0.25, 0.3) is 0 Å². The van der Waals surface area contributed by atoms with Crippen LogP contribution in [0.25, 0.3) is 10.9 Å². The minimum Gasteiger partial charge on any atom is -0.548 e. The summed E-state index contributed by atoms with van der Waals surface area (Å²) in [6, 6.07) is 7.25. The normalized spacial score (nSPS) is 10.5. The number of carboxylic acid groups (broad SMARTS) is 1. The molecule has 0 spiro atoms. The quantitative estimate of drug-likeness (QED) is 0.797. The second-order valence-corrected chi connectivity index (χ2v) is 4.22. The first kappa shape index (κ1) is 11.7. The molecule has 88 valence electrons. The second-order valence-electron chi connectivity index (χ2n) is 3.78. The van der Waals surface area contributed by atoms with Gasteiger partial charge in [0, 0.05) is 24.2 Å². The highest BCUT2D eigenvalue weighted by Gasteiger charge is 2.10. The number of hydrogen-bond acceptors (Lipinski definition) is 3. The molecule has 5 heteroatoms. The number of likely N-dealkylation sites (N-methyl/N-ethyl adjacent to an activating group) is 1. The average Bonchev–Trinajstić information content (AvgIpc) is 2.26. The van der Waals surface area contributed by atoms with Crippen LogP contribution in [0.1, 0.15) is 0 Å². The summed E-state index contributed by atoms with van der Waals surface area (Å²) in [6.45, 7) is -0.151. The van der Waals surface area contributed by atoms with Gasteiger partial charge in [-0.1, -0.05) is 11.6 Å². The summed E-state index contributed by atoms with van der Waals surface area (Å²) < 4.78 is 0. The van der Waals surface area contributed by atoms with E-state index in [9.17, 15) is 9.90 Å². The fraction of sp³-hybridized carbons (Fsp3) is 0.167. The van der Waals surface area contributed by atoms with Gasteiger partial charge in [-0.25, -0.2) is 4.98 Å². The molecular weight excluding hydrogens is 240 g/mol. The fourth-order valence-electron chi connectivity index (χ4n) is 1.77. The zero-order chi connectivity index (χ0) is 12.4. The van der Waals surface area contributed by atoms with E-state index >= 15 is 0 Å². The molecule has 0 saturated heterocycles. The molecule has 2 rings (SSSR count). The van der Waals surface area contributed by atoms with Crippen LogP contribution in [0.3, 0.4) is 0 Å². The number of rotatable bonds is 3. The summed E-state index contributed by atoms with van der Waals surface area (Å²) in [6.07, 6.45) is 1.75. The Kier molecular flexibility index (Phi) is 3.15. The Balaban J connectivity index is 2.50. The molecule has 1 heterocycles. The number of aliphatic carboxylic acids is 1. The molecule has 1 aromatic carbocycles. The van der Waals surface area contributed by atoms with Crippen LogP contribution in [0, 0.1) is 0 Å². The molecule has 0 bridgehead atoms. The van der Waals surface area contributed by atoms with Gasteiger partial charge in [0.1, 0.15) is 0 Å². The topological polar surface area (TPSA) is 57.5 Å². The molecule has 0 fully saturated rings. The molecule has 4 nitrogen and oxygen atoms in total. The summed E-state index contributed by atoms with van der Waals surface area (Å²) in [5, 5.41) is 12.1. The van der Waals surface area contributed by atoms with Crippen molar-refractivity contribution in [3.05, 3.63) is 35.5 Å². The molecule has 0 unspecified atom stereocenters. The van der Waals surface area contributed by atoms with E-state index in [-0.39, 0.29) is 6.54 Å². The van der Waals surface area contributed by atoms with Gasteiger partial charge in [-0.15, -0.1) is 0 Å². The minimum absolute atomic E-state index is 0.151. The third kappa shape index (κ3) is 2.47. The summed E-state index contributed by atoms with van der Waals surface area (Å²) in [7, 11) is 1.71. The second kappa shape index (κ2) is 4.59. The van der Waals surface area contributed by atoms with E-state index in [0.717, 1.165) is 16.6 Å². The van der Waals surface area contributed by atoms with Gasteiger partial charge in [0.15, 0.2) is 6.20 Å². The number of H-pyrrole nitrogens is 1. The third-order valence-corrected chi connectivity index (χ3v) is 2.75. The van der Waals surface area contributed by atoms with E-state index in [0.29, 0.717) is 5.02 Å². The van der Waals surface area contributed by atoms with Gasteiger partial charge >= 0.3 is 0 Å². The fourth-order valence-corrected chi connectivity index (χ4v) is 1.94. The molecule has 17 heavy (non-hydrogen) atoms. The number of anilines is 1. The number of fused-ring (bicyclic) bond motifs is 1. The highest BCUT2D eigenvalue weighted by atomic mass is 35.5. The molecule has 0 aliphatic carbocycles. The smallest absolute Gasteiger partial charge is 0.214 e. The minimum atomic E-state index is -1.11. The highest BCUT2D eigenvalue weighted by molar-refractivity contribution is 6.31. The third-order valence-electron chi connectivity index (χ3n) is 2.52. The van der Waals surface area contributed by atoms with Gasteiger partial charge in [0.2, 0.25) is 5.52 Å². The monoisotopic (exact) mass is 250 g/mol. The molecule has 2 aromatic rings. The number of carboxylic acids is 1. The SMILES string of the molecule is CN(CC(=O)[O-])c1cc[nH+]c2cc(Cl)ccc12. The Morgan fingerprint density at radius 3 is 2.94 bits per heavy atom. The first-order valence-electron chi connectivity index (χ1n) is 5.09. The number of nitrogens with one attached hydrogen (secondary N) is 1. The van der Waals surface area contributed by atoms with Crippen LogP contribution in [-0.4, -0.2) is 19.6 Å². The van der Waals surface area contributed by atoms with Crippen molar-refractivity contribution in [2.45, 2.75) is 0 Å². The first-order chi connectivity index (χ1) is 8.08. The molecular formula is C12H11ClN2O2. The lowest BCUT2D eigenvalue weighted by molar-refractivity contribution is -0.344. The maximum absolute atomic E-state index is 10.6. The van der Waals surface area contributed by atoms with Crippen molar-refractivity contribution in [3.8, 4) is 0 Å². The van der Waals surface area contributed by atoms with Gasteiger partial charge in [-0.2, -0.15) is 0 Å². The number of halogens is 1. The predicted molar refractivity (Wildman–Crippen MR) is 63.8 cm³/mol. The number of pyridine rings is 1. The summed E-state index contributed by atoms with van der Waals surface area (Å²) in [5.74, 6) is -1.11. The summed E-state index contributed by atoms with van der Waals surface area (Å²) in [5.41, 5.74) is 1.68. The average molecular weight is 251 g/mol. The van der Waals surface area contributed by atoms with Crippen molar-refractivity contribution < 1.29 is 14.9 Å². The van der Waals surface area contributed by atoms with E-state index in [2.05, 4.69) is 4.98 Å². The van der Waals surface area contributed by atoms with Crippen LogP contribution in [0.4, 0.5) is 5.69 Å². The van der Waals surface area contributed by atoms with Crippen molar-refractivity contribution in [1.29, 1.82) is 0 Å². The Morgan fingerprint density at radius 1 is 1.47 bits per heavy atom. The lowest BCUT2D eigenvalue weighted by atomic mass is 10.2. The van der Waals surface area contributed by atoms with Crippen molar-refractivity contribution in [2.75, 3.05) is 18.5 Å². The molecule has 0 atom stereocenters. The van der Waals surface area contributed by atoms with E-state index in [4.69, 9.17) is 11.6 Å². The van der Waals surface area contributed by atoms with E-state index in [1.165, 1.54) is 0 Å². The van der Waals surface area contributed by atoms with Crippen molar-refractivity contribution in [3.63, 3.8) is 0 Å². The number of hydrogen-bond donors (Lipinski definition) is 0. The predicted octanol–water partition coefficient (Wildman–Crippen LogP) is 0.493. The Bertz CT molecular complexity index is 571. The lowest BCUT2D eigenvalue weighted by Crippen LogP contribution is -2.36. The zero-order valence-electron chi connectivity index (χ0n) is 9.24. The molecule has 1 N–H and O–H groups in total. The number of nitrogens with zero attached hydrogens (tertiary/aromatic N) is 1.